The first kappa shape index (κ1) is 20.0. The van der Waals surface area contributed by atoms with Crippen molar-refractivity contribution < 1.29 is 5.11 Å². The van der Waals surface area contributed by atoms with Gasteiger partial charge >= 0.3 is 0 Å². The number of phenolic OH excluding ortho intramolecular Hbond substituents is 1. The van der Waals surface area contributed by atoms with Crippen molar-refractivity contribution in [2.24, 2.45) is 0 Å². The van der Waals surface area contributed by atoms with E-state index in [0.717, 1.165) is 11.3 Å². The van der Waals surface area contributed by atoms with Gasteiger partial charge in [0.2, 0.25) is 0 Å². The Morgan fingerprint density at radius 1 is 0.969 bits per heavy atom. The molecule has 0 bridgehead atoms. The van der Waals surface area contributed by atoms with E-state index < -0.39 is 0 Å². The first-order valence-electron chi connectivity index (χ1n) is 10.0. The molecule has 0 unspecified atom stereocenters. The van der Waals surface area contributed by atoms with E-state index in [4.69, 9.17) is 0 Å². The highest BCUT2D eigenvalue weighted by Crippen LogP contribution is 2.33. The molecule has 0 aliphatic carbocycles. The second-order valence-electron chi connectivity index (χ2n) is 7.31. The number of aryl methyl sites for hydroxylation is 1. The number of hydrogen-bond donors (Lipinski definition) is 2. The van der Waals surface area contributed by atoms with Gasteiger partial charge < -0.3 is 10.1 Å². The van der Waals surface area contributed by atoms with Gasteiger partial charge in [0.25, 0.3) is 5.56 Å². The molecule has 2 N–H and O–H groups in total. The number of phenols is 1. The number of para-hydroxylation sites is 2. The highest BCUT2D eigenvalue weighted by molar-refractivity contribution is 7.98. The number of aromatic hydroxyl groups is 1. The number of thioether (sulfide) groups is 1. The number of H-pyrrole nitrogens is 1. The standard InChI is InChI=1S/C24H19N5O2S/c1-15-10-12-16(13-11-15)29-22(18-7-3-5-9-20(18)30)27-28-24(29)32-14-21-25-19-8-4-2-6-17(19)23(31)26-21/h2-13,30H,14H2,1H3,(H,25,26,31). The topological polar surface area (TPSA) is 96.7 Å². The van der Waals surface area contributed by atoms with Crippen molar-refractivity contribution in [2.45, 2.75) is 17.8 Å². The molecule has 5 aromatic rings. The minimum absolute atomic E-state index is 0.130. The fourth-order valence-electron chi connectivity index (χ4n) is 3.46. The minimum Gasteiger partial charge on any atom is -0.507 e. The van der Waals surface area contributed by atoms with Crippen molar-refractivity contribution in [3.63, 3.8) is 0 Å². The lowest BCUT2D eigenvalue weighted by Gasteiger charge is -2.11. The molecule has 8 heteroatoms. The monoisotopic (exact) mass is 441 g/mol. The molecule has 0 fully saturated rings. The van der Waals surface area contributed by atoms with Crippen LogP contribution in [0.1, 0.15) is 11.4 Å². The highest BCUT2D eigenvalue weighted by Gasteiger charge is 2.19. The third kappa shape index (κ3) is 3.76. The molecule has 0 atom stereocenters. The molecule has 158 valence electrons. The predicted molar refractivity (Wildman–Crippen MR) is 125 cm³/mol. The zero-order valence-electron chi connectivity index (χ0n) is 17.2. The summed E-state index contributed by atoms with van der Waals surface area (Å²) < 4.78 is 1.90. The maximum absolute atomic E-state index is 12.4. The van der Waals surface area contributed by atoms with Gasteiger partial charge in [-0.1, -0.05) is 53.7 Å². The van der Waals surface area contributed by atoms with Crippen LogP contribution in [-0.2, 0) is 5.75 Å². The molecule has 0 spiro atoms. The molecule has 0 radical (unpaired) electrons. The Balaban J connectivity index is 1.55. The highest BCUT2D eigenvalue weighted by atomic mass is 32.2. The summed E-state index contributed by atoms with van der Waals surface area (Å²) in [6.07, 6.45) is 0. The molecule has 0 amide bonds. The van der Waals surface area contributed by atoms with Crippen LogP contribution in [0.2, 0.25) is 0 Å². The number of rotatable bonds is 5. The first-order chi connectivity index (χ1) is 15.6. The predicted octanol–water partition coefficient (Wildman–Crippen LogP) is 4.48. The van der Waals surface area contributed by atoms with Gasteiger partial charge in [-0.2, -0.15) is 0 Å². The summed E-state index contributed by atoms with van der Waals surface area (Å²) in [5, 5.41) is 20.3. The molecule has 7 nitrogen and oxygen atoms in total. The Morgan fingerprint density at radius 2 is 1.72 bits per heavy atom. The van der Waals surface area contributed by atoms with Crippen LogP contribution in [0.15, 0.2) is 82.7 Å². The molecule has 0 saturated carbocycles. The van der Waals surface area contributed by atoms with Gasteiger partial charge in [-0.05, 0) is 43.3 Å². The lowest BCUT2D eigenvalue weighted by Crippen LogP contribution is -2.11. The van der Waals surface area contributed by atoms with E-state index in [2.05, 4.69) is 20.2 Å². The Hall–Kier alpha value is -3.91. The van der Waals surface area contributed by atoms with E-state index >= 15 is 0 Å². The molecule has 2 heterocycles. The van der Waals surface area contributed by atoms with Crippen molar-refractivity contribution in [3.05, 3.63) is 94.5 Å². The minimum atomic E-state index is -0.166. The molecular weight excluding hydrogens is 422 g/mol. The Kier molecular flexibility index (Phi) is 5.20. The Labute approximate surface area is 187 Å². The molecule has 3 aromatic carbocycles. The Bertz CT molecular complexity index is 1470. The van der Waals surface area contributed by atoms with Crippen LogP contribution in [-0.4, -0.2) is 29.8 Å². The van der Waals surface area contributed by atoms with Crippen molar-refractivity contribution in [1.82, 2.24) is 24.7 Å². The Morgan fingerprint density at radius 3 is 2.53 bits per heavy atom. The summed E-state index contributed by atoms with van der Waals surface area (Å²) >= 11 is 1.41. The summed E-state index contributed by atoms with van der Waals surface area (Å²) in [5.74, 6) is 1.63. The van der Waals surface area contributed by atoms with Gasteiger partial charge in [-0.3, -0.25) is 9.36 Å². The first-order valence-corrected chi connectivity index (χ1v) is 11.0. The molecule has 32 heavy (non-hydrogen) atoms. The second-order valence-corrected chi connectivity index (χ2v) is 8.26. The van der Waals surface area contributed by atoms with Crippen LogP contribution in [0.25, 0.3) is 28.0 Å². The SMILES string of the molecule is Cc1ccc(-n2c(SCc3nc4ccccc4c(=O)[nH]3)nnc2-c2ccccc2O)cc1. The van der Waals surface area contributed by atoms with Crippen LogP contribution in [0.4, 0.5) is 0 Å². The number of fused-ring (bicyclic) bond motifs is 1. The summed E-state index contributed by atoms with van der Waals surface area (Å²) in [7, 11) is 0. The molecule has 0 aliphatic heterocycles. The lowest BCUT2D eigenvalue weighted by atomic mass is 10.1. The maximum Gasteiger partial charge on any atom is 0.258 e. The van der Waals surface area contributed by atoms with Crippen molar-refractivity contribution in [3.8, 4) is 22.8 Å². The van der Waals surface area contributed by atoms with Gasteiger partial charge in [0, 0.05) is 5.69 Å². The summed E-state index contributed by atoms with van der Waals surface area (Å²) in [4.78, 5) is 19.8. The maximum atomic E-state index is 12.4. The number of nitrogens with one attached hydrogen (secondary N) is 1. The van der Waals surface area contributed by atoms with Crippen LogP contribution >= 0.6 is 11.8 Å². The number of nitrogens with zero attached hydrogens (tertiary/aromatic N) is 4. The quantitative estimate of drug-likeness (QED) is 0.391. The van der Waals surface area contributed by atoms with E-state index in [1.807, 2.05) is 60.0 Å². The normalized spacial score (nSPS) is 11.2. The van der Waals surface area contributed by atoms with E-state index in [1.54, 1.807) is 24.3 Å². The molecule has 2 aromatic heterocycles. The third-order valence-corrected chi connectivity index (χ3v) is 6.01. The smallest absolute Gasteiger partial charge is 0.258 e. The number of aromatic nitrogens is 5. The number of aromatic amines is 1. The van der Waals surface area contributed by atoms with Crippen molar-refractivity contribution in [1.29, 1.82) is 0 Å². The molecule has 0 saturated heterocycles. The molecule has 0 aliphatic rings. The van der Waals surface area contributed by atoms with Crippen LogP contribution in [0.5, 0.6) is 5.75 Å². The molecular formula is C24H19N5O2S. The number of benzene rings is 3. The largest absolute Gasteiger partial charge is 0.507 e. The average molecular weight is 442 g/mol. The summed E-state index contributed by atoms with van der Waals surface area (Å²) in [6, 6.07) is 22.3. The van der Waals surface area contributed by atoms with Gasteiger partial charge in [0.05, 0.1) is 22.2 Å². The van der Waals surface area contributed by atoms with E-state index in [-0.39, 0.29) is 11.3 Å². The summed E-state index contributed by atoms with van der Waals surface area (Å²) in [6.45, 7) is 2.03. The second kappa shape index (κ2) is 8.32. The van der Waals surface area contributed by atoms with E-state index in [1.165, 1.54) is 11.8 Å². The molecule has 5 rings (SSSR count). The lowest BCUT2D eigenvalue weighted by molar-refractivity contribution is 0.476. The van der Waals surface area contributed by atoms with Gasteiger partial charge in [0.1, 0.15) is 11.6 Å². The fraction of sp³-hybridized carbons (Fsp3) is 0.0833. The van der Waals surface area contributed by atoms with E-state index in [0.29, 0.717) is 39.0 Å². The fourth-order valence-corrected chi connectivity index (χ4v) is 4.29. The third-order valence-electron chi connectivity index (χ3n) is 5.07. The van der Waals surface area contributed by atoms with Crippen molar-refractivity contribution in [2.75, 3.05) is 0 Å². The zero-order chi connectivity index (χ0) is 22.1. The van der Waals surface area contributed by atoms with Crippen LogP contribution in [0, 0.1) is 6.92 Å². The zero-order valence-corrected chi connectivity index (χ0v) is 18.0. The van der Waals surface area contributed by atoms with Gasteiger partial charge in [-0.25, -0.2) is 4.98 Å². The van der Waals surface area contributed by atoms with Crippen LogP contribution in [0.3, 0.4) is 0 Å². The van der Waals surface area contributed by atoms with Gasteiger partial charge in [0.15, 0.2) is 11.0 Å². The average Bonchev–Trinajstić information content (AvgIpc) is 3.22. The summed E-state index contributed by atoms with van der Waals surface area (Å²) in [5.41, 5.74) is 3.09. The van der Waals surface area contributed by atoms with Crippen LogP contribution < -0.4 is 5.56 Å². The number of hydrogen-bond acceptors (Lipinski definition) is 6. The van der Waals surface area contributed by atoms with Gasteiger partial charge in [-0.15, -0.1) is 10.2 Å². The van der Waals surface area contributed by atoms with Crippen molar-refractivity contribution >= 4 is 22.7 Å². The van der Waals surface area contributed by atoms with E-state index in [9.17, 15) is 9.90 Å².